The number of rotatable bonds is 10. The van der Waals surface area contributed by atoms with Crippen LogP contribution in [0, 0.1) is 0 Å². The third-order valence-electron chi connectivity index (χ3n) is 4.08. The predicted octanol–water partition coefficient (Wildman–Crippen LogP) is 1.84. The summed E-state index contributed by atoms with van der Waals surface area (Å²) in [4.78, 5) is 12.1. The quantitative estimate of drug-likeness (QED) is 0.586. The standard InChI is InChI=1S/C17H28N4O3S/c1-4-18-15-10-9-14(25(23,24)21(5-2)6-3)11-16(15)19-12-17(22)20-13-7-8-13/h9-11,13,18-19H,4-8,12H2,1-3H3,(H,20,22). The summed E-state index contributed by atoms with van der Waals surface area (Å²) in [5.41, 5.74) is 1.39. The monoisotopic (exact) mass is 368 g/mol. The number of sulfonamides is 1. The smallest absolute Gasteiger partial charge is 0.243 e. The average molecular weight is 369 g/mol. The Bertz CT molecular complexity index is 698. The zero-order chi connectivity index (χ0) is 18.4. The lowest BCUT2D eigenvalue weighted by Crippen LogP contribution is -2.32. The summed E-state index contributed by atoms with van der Waals surface area (Å²) in [6.07, 6.45) is 2.07. The minimum Gasteiger partial charge on any atom is -0.384 e. The molecule has 140 valence electrons. The van der Waals surface area contributed by atoms with Gasteiger partial charge < -0.3 is 16.0 Å². The Hall–Kier alpha value is -1.80. The molecule has 0 heterocycles. The van der Waals surface area contributed by atoms with Crippen molar-refractivity contribution in [3.8, 4) is 0 Å². The van der Waals surface area contributed by atoms with Gasteiger partial charge in [0, 0.05) is 25.7 Å². The first kappa shape index (κ1) is 19.5. The average Bonchev–Trinajstić information content (AvgIpc) is 3.38. The Kier molecular flexibility index (Phi) is 6.66. The highest BCUT2D eigenvalue weighted by atomic mass is 32.2. The topological polar surface area (TPSA) is 90.5 Å². The molecule has 0 aromatic heterocycles. The van der Waals surface area contributed by atoms with Crippen molar-refractivity contribution in [2.24, 2.45) is 0 Å². The lowest BCUT2D eigenvalue weighted by molar-refractivity contribution is -0.119. The molecule has 0 spiro atoms. The summed E-state index contributed by atoms with van der Waals surface area (Å²) >= 11 is 0. The molecule has 1 amide bonds. The molecule has 1 fully saturated rings. The third-order valence-corrected chi connectivity index (χ3v) is 6.13. The second kappa shape index (κ2) is 8.53. The number of hydrogen-bond acceptors (Lipinski definition) is 5. The van der Waals surface area contributed by atoms with Crippen LogP contribution < -0.4 is 16.0 Å². The molecule has 0 bridgehead atoms. The van der Waals surface area contributed by atoms with E-state index in [1.165, 1.54) is 4.31 Å². The number of nitrogens with one attached hydrogen (secondary N) is 3. The van der Waals surface area contributed by atoms with E-state index < -0.39 is 10.0 Å². The number of benzene rings is 1. The molecule has 0 atom stereocenters. The molecule has 7 nitrogen and oxygen atoms in total. The first-order chi connectivity index (χ1) is 11.9. The number of anilines is 2. The summed E-state index contributed by atoms with van der Waals surface area (Å²) < 4.78 is 26.8. The number of carbonyl (C=O) groups excluding carboxylic acids is 1. The van der Waals surface area contributed by atoms with Gasteiger partial charge >= 0.3 is 0 Å². The third kappa shape index (κ3) is 5.09. The van der Waals surface area contributed by atoms with Crippen LogP contribution in [0.15, 0.2) is 23.1 Å². The van der Waals surface area contributed by atoms with E-state index >= 15 is 0 Å². The van der Waals surface area contributed by atoms with E-state index in [-0.39, 0.29) is 17.3 Å². The van der Waals surface area contributed by atoms with Crippen molar-refractivity contribution in [2.75, 3.05) is 36.8 Å². The summed E-state index contributed by atoms with van der Waals surface area (Å²) in [6.45, 7) is 7.24. The lowest BCUT2D eigenvalue weighted by Gasteiger charge is -2.20. The number of nitrogens with zero attached hydrogens (tertiary/aromatic N) is 1. The highest BCUT2D eigenvalue weighted by Crippen LogP contribution is 2.27. The van der Waals surface area contributed by atoms with Gasteiger partial charge in [-0.1, -0.05) is 13.8 Å². The number of carbonyl (C=O) groups is 1. The van der Waals surface area contributed by atoms with Gasteiger partial charge in [0.15, 0.2) is 0 Å². The zero-order valence-corrected chi connectivity index (χ0v) is 15.9. The fourth-order valence-electron chi connectivity index (χ4n) is 2.57. The highest BCUT2D eigenvalue weighted by Gasteiger charge is 2.24. The van der Waals surface area contributed by atoms with Crippen molar-refractivity contribution in [2.45, 2.75) is 44.6 Å². The molecular formula is C17H28N4O3S. The molecule has 1 aliphatic carbocycles. The minimum atomic E-state index is -3.54. The van der Waals surface area contributed by atoms with E-state index in [9.17, 15) is 13.2 Å². The second-order valence-corrected chi connectivity index (χ2v) is 7.96. The Labute approximate surface area is 150 Å². The van der Waals surface area contributed by atoms with Crippen molar-refractivity contribution in [1.82, 2.24) is 9.62 Å². The minimum absolute atomic E-state index is 0.0815. The van der Waals surface area contributed by atoms with Gasteiger partial charge in [-0.25, -0.2) is 8.42 Å². The van der Waals surface area contributed by atoms with Crippen LogP contribution in [-0.2, 0) is 14.8 Å². The largest absolute Gasteiger partial charge is 0.384 e. The molecule has 1 aliphatic rings. The molecule has 1 aromatic rings. The van der Waals surface area contributed by atoms with E-state index in [2.05, 4.69) is 16.0 Å². The van der Waals surface area contributed by atoms with Crippen molar-refractivity contribution in [1.29, 1.82) is 0 Å². The van der Waals surface area contributed by atoms with Crippen molar-refractivity contribution in [3.05, 3.63) is 18.2 Å². The van der Waals surface area contributed by atoms with Crippen molar-refractivity contribution >= 4 is 27.3 Å². The van der Waals surface area contributed by atoms with Gasteiger partial charge in [0.05, 0.1) is 22.8 Å². The Morgan fingerprint density at radius 1 is 1.12 bits per heavy atom. The molecule has 0 radical (unpaired) electrons. The van der Waals surface area contributed by atoms with E-state index in [1.54, 1.807) is 18.2 Å². The van der Waals surface area contributed by atoms with E-state index in [1.807, 2.05) is 20.8 Å². The summed E-state index contributed by atoms with van der Waals surface area (Å²) in [7, 11) is -3.54. The zero-order valence-electron chi connectivity index (χ0n) is 15.1. The molecular weight excluding hydrogens is 340 g/mol. The maximum Gasteiger partial charge on any atom is 0.243 e. The van der Waals surface area contributed by atoms with Crippen LogP contribution >= 0.6 is 0 Å². The van der Waals surface area contributed by atoms with Crippen LogP contribution in [0.25, 0.3) is 0 Å². The summed E-state index contributed by atoms with van der Waals surface area (Å²) in [5, 5.41) is 9.16. The van der Waals surface area contributed by atoms with Crippen LogP contribution in [-0.4, -0.2) is 50.9 Å². The Morgan fingerprint density at radius 3 is 2.36 bits per heavy atom. The molecule has 1 aromatic carbocycles. The van der Waals surface area contributed by atoms with Crippen LogP contribution in [0.5, 0.6) is 0 Å². The van der Waals surface area contributed by atoms with Gasteiger partial charge in [-0.15, -0.1) is 0 Å². The van der Waals surface area contributed by atoms with E-state index in [0.717, 1.165) is 18.5 Å². The molecule has 1 saturated carbocycles. The molecule has 0 saturated heterocycles. The Morgan fingerprint density at radius 2 is 1.80 bits per heavy atom. The second-order valence-electron chi connectivity index (χ2n) is 6.02. The van der Waals surface area contributed by atoms with Gasteiger partial charge in [-0.2, -0.15) is 4.31 Å². The van der Waals surface area contributed by atoms with Crippen LogP contribution in [0.4, 0.5) is 11.4 Å². The maximum absolute atomic E-state index is 12.7. The van der Waals surface area contributed by atoms with E-state index in [0.29, 0.717) is 31.4 Å². The number of hydrogen-bond donors (Lipinski definition) is 3. The fourth-order valence-corrected chi connectivity index (χ4v) is 4.05. The lowest BCUT2D eigenvalue weighted by atomic mass is 10.2. The summed E-state index contributed by atoms with van der Waals surface area (Å²) in [5.74, 6) is -0.0815. The SMILES string of the molecule is CCNc1ccc(S(=O)(=O)N(CC)CC)cc1NCC(=O)NC1CC1. The van der Waals surface area contributed by atoms with Gasteiger partial charge in [-0.3, -0.25) is 4.79 Å². The summed E-state index contributed by atoms with van der Waals surface area (Å²) in [6, 6.07) is 5.23. The van der Waals surface area contributed by atoms with Gasteiger partial charge in [-0.05, 0) is 38.0 Å². The maximum atomic E-state index is 12.7. The molecule has 8 heteroatoms. The van der Waals surface area contributed by atoms with Crippen LogP contribution in [0.2, 0.25) is 0 Å². The predicted molar refractivity (Wildman–Crippen MR) is 100 cm³/mol. The van der Waals surface area contributed by atoms with Gasteiger partial charge in [0.25, 0.3) is 0 Å². The fraction of sp³-hybridized carbons (Fsp3) is 0.588. The van der Waals surface area contributed by atoms with Crippen molar-refractivity contribution in [3.63, 3.8) is 0 Å². The Balaban J connectivity index is 2.21. The van der Waals surface area contributed by atoms with Crippen molar-refractivity contribution < 1.29 is 13.2 Å². The molecule has 2 rings (SSSR count). The highest BCUT2D eigenvalue weighted by molar-refractivity contribution is 7.89. The molecule has 25 heavy (non-hydrogen) atoms. The normalized spacial score (nSPS) is 14.4. The van der Waals surface area contributed by atoms with Gasteiger partial charge in [0.1, 0.15) is 0 Å². The first-order valence-corrected chi connectivity index (χ1v) is 10.3. The van der Waals surface area contributed by atoms with Crippen LogP contribution in [0.1, 0.15) is 33.6 Å². The molecule has 0 unspecified atom stereocenters. The molecule has 0 aliphatic heterocycles. The van der Waals surface area contributed by atoms with Crippen LogP contribution in [0.3, 0.4) is 0 Å². The first-order valence-electron chi connectivity index (χ1n) is 8.83. The number of amides is 1. The molecule has 3 N–H and O–H groups in total. The van der Waals surface area contributed by atoms with Gasteiger partial charge in [0.2, 0.25) is 15.9 Å². The van der Waals surface area contributed by atoms with E-state index in [4.69, 9.17) is 0 Å².